The third kappa shape index (κ3) is 2.49. The molecule has 1 unspecified atom stereocenters. The quantitative estimate of drug-likeness (QED) is 0.712. The van der Waals surface area contributed by atoms with Gasteiger partial charge >= 0.3 is 0 Å². The second-order valence-corrected chi connectivity index (χ2v) is 3.86. The lowest BCUT2D eigenvalue weighted by Gasteiger charge is -2.30. The van der Waals surface area contributed by atoms with Gasteiger partial charge in [-0.3, -0.25) is 0 Å². The normalized spacial score (nSPS) is 23.6. The third-order valence-electron chi connectivity index (χ3n) is 2.55. The van der Waals surface area contributed by atoms with E-state index in [0.717, 1.165) is 26.1 Å². The number of nitrogens with one attached hydrogen (secondary N) is 1. The lowest BCUT2D eigenvalue weighted by Crippen LogP contribution is -2.49. The van der Waals surface area contributed by atoms with Gasteiger partial charge in [-0.2, -0.15) is 0 Å². The van der Waals surface area contributed by atoms with Gasteiger partial charge in [0.15, 0.2) is 0 Å². The lowest BCUT2D eigenvalue weighted by molar-refractivity contribution is 0.238. The van der Waals surface area contributed by atoms with E-state index in [1.165, 1.54) is 5.56 Å². The third-order valence-corrected chi connectivity index (χ3v) is 2.55. The molecule has 0 saturated carbocycles. The first-order valence-corrected chi connectivity index (χ1v) is 5.00. The molecule has 1 aliphatic rings. The van der Waals surface area contributed by atoms with Crippen molar-refractivity contribution >= 4 is 0 Å². The fourth-order valence-electron chi connectivity index (χ4n) is 1.85. The molecule has 0 bridgehead atoms. The Hall–Kier alpha value is -1.00. The first kappa shape index (κ1) is 9.55. The maximum Gasteiger partial charge on any atom is 0.115 e. The van der Waals surface area contributed by atoms with Crippen LogP contribution in [0.5, 0.6) is 0 Å². The monoisotopic (exact) mass is 192 g/mol. The Bertz CT molecular complexity index is 275. The molecular weight excluding hydrogens is 176 g/mol. The van der Waals surface area contributed by atoms with E-state index in [-0.39, 0.29) is 0 Å². The number of rotatable bonds is 2. The average Bonchev–Trinajstić information content (AvgIpc) is 2.19. The van der Waals surface area contributed by atoms with Gasteiger partial charge in [-0.05, 0) is 19.0 Å². The van der Waals surface area contributed by atoms with Gasteiger partial charge in [-0.1, -0.05) is 0 Å². The molecule has 0 radical (unpaired) electrons. The van der Waals surface area contributed by atoms with Crippen LogP contribution in [0.1, 0.15) is 5.56 Å². The minimum Gasteiger partial charge on any atom is -0.311 e. The molecular formula is C10H16N4. The minimum absolute atomic E-state index is 0.541. The molecule has 76 valence electrons. The molecule has 1 fully saturated rings. The van der Waals surface area contributed by atoms with Gasteiger partial charge in [-0.15, -0.1) is 0 Å². The Balaban J connectivity index is 1.91. The van der Waals surface area contributed by atoms with Crippen LogP contribution in [0, 0.1) is 0 Å². The highest BCUT2D eigenvalue weighted by Gasteiger charge is 2.16. The molecule has 1 N–H and O–H groups in total. The Morgan fingerprint density at radius 2 is 2.29 bits per heavy atom. The summed E-state index contributed by atoms with van der Waals surface area (Å²) < 4.78 is 0. The maximum atomic E-state index is 4.02. The highest BCUT2D eigenvalue weighted by molar-refractivity contribution is 5.05. The molecule has 0 amide bonds. The first-order chi connectivity index (χ1) is 6.84. The largest absolute Gasteiger partial charge is 0.311 e. The second-order valence-electron chi connectivity index (χ2n) is 3.86. The summed E-state index contributed by atoms with van der Waals surface area (Å²) in [6.45, 7) is 3.32. The molecule has 1 aliphatic heterocycles. The molecule has 4 nitrogen and oxygen atoms in total. The number of aromatic nitrogens is 2. The molecule has 2 heterocycles. The highest BCUT2D eigenvalue weighted by atomic mass is 15.2. The van der Waals surface area contributed by atoms with E-state index in [0.29, 0.717) is 6.04 Å². The summed E-state index contributed by atoms with van der Waals surface area (Å²) in [6, 6.07) is 0.541. The van der Waals surface area contributed by atoms with Gasteiger partial charge in [0, 0.05) is 38.1 Å². The Morgan fingerprint density at radius 1 is 1.50 bits per heavy atom. The SMILES string of the molecule is CN1CCNC(Cc2cncnc2)C1. The summed E-state index contributed by atoms with van der Waals surface area (Å²) in [7, 11) is 2.16. The number of hydrogen-bond acceptors (Lipinski definition) is 4. The summed E-state index contributed by atoms with van der Waals surface area (Å²) in [5.74, 6) is 0. The maximum absolute atomic E-state index is 4.02. The predicted molar refractivity (Wildman–Crippen MR) is 55.0 cm³/mol. The topological polar surface area (TPSA) is 41.0 Å². The molecule has 1 atom stereocenters. The van der Waals surface area contributed by atoms with Crippen molar-refractivity contribution in [3.05, 3.63) is 24.3 Å². The van der Waals surface area contributed by atoms with Gasteiger partial charge in [0.1, 0.15) is 6.33 Å². The molecule has 0 aromatic carbocycles. The molecule has 1 saturated heterocycles. The number of hydrogen-bond donors (Lipinski definition) is 1. The predicted octanol–water partition coefficient (Wildman–Crippen LogP) is -0.0773. The minimum atomic E-state index is 0.541. The van der Waals surface area contributed by atoms with Crippen LogP contribution in [0.4, 0.5) is 0 Å². The Labute approximate surface area is 84.4 Å². The van der Waals surface area contributed by atoms with E-state index in [9.17, 15) is 0 Å². The number of piperazine rings is 1. The van der Waals surface area contributed by atoms with Gasteiger partial charge in [0.05, 0.1) is 0 Å². The molecule has 1 aromatic heterocycles. The van der Waals surface area contributed by atoms with Crippen LogP contribution in [0.15, 0.2) is 18.7 Å². The fourth-order valence-corrected chi connectivity index (χ4v) is 1.85. The van der Waals surface area contributed by atoms with Crippen LogP contribution in [0.25, 0.3) is 0 Å². The van der Waals surface area contributed by atoms with E-state index in [1.807, 2.05) is 12.4 Å². The van der Waals surface area contributed by atoms with Crippen LogP contribution >= 0.6 is 0 Å². The molecule has 2 rings (SSSR count). The van der Waals surface area contributed by atoms with Crippen molar-refractivity contribution in [3.8, 4) is 0 Å². The van der Waals surface area contributed by atoms with Gasteiger partial charge in [0.2, 0.25) is 0 Å². The fraction of sp³-hybridized carbons (Fsp3) is 0.600. The molecule has 14 heavy (non-hydrogen) atoms. The Kier molecular flexibility index (Phi) is 3.06. The first-order valence-electron chi connectivity index (χ1n) is 5.00. The van der Waals surface area contributed by atoms with E-state index in [4.69, 9.17) is 0 Å². The van der Waals surface area contributed by atoms with Gasteiger partial charge < -0.3 is 10.2 Å². The van der Waals surface area contributed by atoms with Gasteiger partial charge in [0.25, 0.3) is 0 Å². The van der Waals surface area contributed by atoms with Crippen LogP contribution in [-0.4, -0.2) is 47.6 Å². The van der Waals surface area contributed by atoms with Crippen molar-refractivity contribution in [1.29, 1.82) is 0 Å². The van der Waals surface area contributed by atoms with E-state index in [1.54, 1.807) is 6.33 Å². The van der Waals surface area contributed by atoms with Crippen molar-refractivity contribution in [2.45, 2.75) is 12.5 Å². The number of nitrogens with zero attached hydrogens (tertiary/aromatic N) is 3. The van der Waals surface area contributed by atoms with E-state index >= 15 is 0 Å². The van der Waals surface area contributed by atoms with Crippen molar-refractivity contribution < 1.29 is 0 Å². The average molecular weight is 192 g/mol. The number of likely N-dealkylation sites (N-methyl/N-ethyl adjacent to an activating group) is 1. The van der Waals surface area contributed by atoms with E-state index < -0.39 is 0 Å². The van der Waals surface area contributed by atoms with Gasteiger partial charge in [-0.25, -0.2) is 9.97 Å². The Morgan fingerprint density at radius 3 is 3.00 bits per heavy atom. The zero-order valence-corrected chi connectivity index (χ0v) is 8.48. The molecule has 0 aliphatic carbocycles. The molecule has 0 spiro atoms. The summed E-state index contributed by atoms with van der Waals surface area (Å²) >= 11 is 0. The van der Waals surface area contributed by atoms with Crippen LogP contribution in [0.3, 0.4) is 0 Å². The summed E-state index contributed by atoms with van der Waals surface area (Å²) in [6.07, 6.45) is 6.38. The van der Waals surface area contributed by atoms with Crippen LogP contribution in [0.2, 0.25) is 0 Å². The molecule has 1 aromatic rings. The summed E-state index contributed by atoms with van der Waals surface area (Å²) in [5.41, 5.74) is 1.21. The summed E-state index contributed by atoms with van der Waals surface area (Å²) in [4.78, 5) is 10.4. The zero-order chi connectivity index (χ0) is 9.80. The molecule has 4 heteroatoms. The van der Waals surface area contributed by atoms with Crippen molar-refractivity contribution in [2.75, 3.05) is 26.7 Å². The van der Waals surface area contributed by atoms with Crippen molar-refractivity contribution in [1.82, 2.24) is 20.2 Å². The van der Waals surface area contributed by atoms with Crippen LogP contribution in [-0.2, 0) is 6.42 Å². The lowest BCUT2D eigenvalue weighted by atomic mass is 10.1. The van der Waals surface area contributed by atoms with Crippen LogP contribution < -0.4 is 5.32 Å². The standard InChI is InChI=1S/C10H16N4/c1-14-3-2-13-10(7-14)4-9-5-11-8-12-6-9/h5-6,8,10,13H,2-4,7H2,1H3. The zero-order valence-electron chi connectivity index (χ0n) is 8.48. The highest BCUT2D eigenvalue weighted by Crippen LogP contribution is 2.03. The van der Waals surface area contributed by atoms with Crippen molar-refractivity contribution in [3.63, 3.8) is 0 Å². The van der Waals surface area contributed by atoms with E-state index in [2.05, 4.69) is 27.2 Å². The second kappa shape index (κ2) is 4.48. The smallest absolute Gasteiger partial charge is 0.115 e. The summed E-state index contributed by atoms with van der Waals surface area (Å²) in [5, 5.41) is 3.50. The van der Waals surface area contributed by atoms with Crippen molar-refractivity contribution in [2.24, 2.45) is 0 Å².